The van der Waals surface area contributed by atoms with Crippen LogP contribution in [0.5, 0.6) is 5.75 Å². The van der Waals surface area contributed by atoms with E-state index in [4.69, 9.17) is 0 Å². The summed E-state index contributed by atoms with van der Waals surface area (Å²) in [6.45, 7) is 2.17. The Labute approximate surface area is 120 Å². The Hall–Kier alpha value is -1.75. The number of aromatic hydroxyl groups is 1. The second-order valence-electron chi connectivity index (χ2n) is 6.44. The summed E-state index contributed by atoms with van der Waals surface area (Å²) in [5.41, 5.74) is 2.69. The molecule has 3 rings (SSSR count). The van der Waals surface area contributed by atoms with Crippen molar-refractivity contribution >= 4 is 6.29 Å². The second-order valence-corrected chi connectivity index (χ2v) is 6.44. The summed E-state index contributed by atoms with van der Waals surface area (Å²) in [5, 5.41) is 9.61. The summed E-state index contributed by atoms with van der Waals surface area (Å²) in [7, 11) is 0. The van der Waals surface area contributed by atoms with Gasteiger partial charge >= 0.3 is 0 Å². The molecule has 0 aromatic heterocycles. The molecule has 0 saturated heterocycles. The van der Waals surface area contributed by atoms with Gasteiger partial charge in [-0.25, -0.2) is 0 Å². The summed E-state index contributed by atoms with van der Waals surface area (Å²) in [4.78, 5) is 10.3. The summed E-state index contributed by atoms with van der Waals surface area (Å²) in [6.07, 6.45) is 7.10. The lowest BCUT2D eigenvalue weighted by atomic mass is 9.61. The molecule has 3 atom stereocenters. The number of carbonyl (C=O) groups excluding carboxylic acids is 1. The van der Waals surface area contributed by atoms with Gasteiger partial charge in [-0.1, -0.05) is 31.2 Å². The van der Waals surface area contributed by atoms with Crippen LogP contribution in [0.2, 0.25) is 0 Å². The Balaban J connectivity index is 1.86. The molecule has 0 bridgehead atoms. The maximum atomic E-state index is 10.3. The normalized spacial score (nSPS) is 31.4. The third-order valence-electron chi connectivity index (χ3n) is 5.01. The van der Waals surface area contributed by atoms with Crippen molar-refractivity contribution in [1.82, 2.24) is 0 Å². The van der Waals surface area contributed by atoms with Crippen molar-refractivity contribution in [2.75, 3.05) is 0 Å². The third kappa shape index (κ3) is 2.33. The van der Waals surface area contributed by atoms with E-state index in [-0.39, 0.29) is 5.41 Å². The van der Waals surface area contributed by atoms with Crippen LogP contribution in [0, 0.1) is 23.2 Å². The number of aryl methyl sites for hydroxylation is 1. The van der Waals surface area contributed by atoms with Crippen LogP contribution in [0.1, 0.15) is 49.7 Å². The Morgan fingerprint density at radius 2 is 2.25 bits per heavy atom. The molecule has 0 unspecified atom stereocenters. The smallest absolute Gasteiger partial charge is 0.115 e. The number of hydrogen-bond acceptors (Lipinski definition) is 2. The van der Waals surface area contributed by atoms with Gasteiger partial charge in [0.25, 0.3) is 0 Å². The molecule has 0 aliphatic heterocycles. The van der Waals surface area contributed by atoms with Crippen LogP contribution in [0.15, 0.2) is 18.2 Å². The van der Waals surface area contributed by atoms with Crippen LogP contribution in [0.3, 0.4) is 0 Å². The average Bonchev–Trinajstić information content (AvgIpc) is 2.44. The predicted octanol–water partition coefficient (Wildman–Crippen LogP) is 3.34. The monoisotopic (exact) mass is 267 g/mol. The number of benzene rings is 1. The van der Waals surface area contributed by atoms with E-state index in [9.17, 15) is 9.90 Å². The van der Waals surface area contributed by atoms with Crippen molar-refractivity contribution in [3.63, 3.8) is 0 Å². The maximum absolute atomic E-state index is 10.3. The molecule has 104 valence electrons. The van der Waals surface area contributed by atoms with Gasteiger partial charge in [0, 0.05) is 6.29 Å². The van der Waals surface area contributed by atoms with Crippen LogP contribution in [-0.2, 0) is 11.2 Å². The molecular weight excluding hydrogens is 248 g/mol. The predicted molar refractivity (Wildman–Crippen MR) is 78.1 cm³/mol. The van der Waals surface area contributed by atoms with E-state index in [0.29, 0.717) is 17.6 Å². The summed E-state index contributed by atoms with van der Waals surface area (Å²) >= 11 is 0. The molecule has 0 amide bonds. The van der Waals surface area contributed by atoms with Gasteiger partial charge in [0.15, 0.2) is 0 Å². The van der Waals surface area contributed by atoms with E-state index in [1.807, 2.05) is 6.07 Å². The largest absolute Gasteiger partial charge is 0.508 e. The fourth-order valence-corrected chi connectivity index (χ4v) is 4.05. The number of phenols is 1. The van der Waals surface area contributed by atoms with E-state index < -0.39 is 0 Å². The number of hydrogen-bond donors (Lipinski definition) is 1. The van der Waals surface area contributed by atoms with Crippen LogP contribution < -0.4 is 0 Å². The van der Waals surface area contributed by atoms with E-state index in [1.54, 1.807) is 12.4 Å². The van der Waals surface area contributed by atoms with Crippen molar-refractivity contribution in [3.8, 4) is 17.6 Å². The Morgan fingerprint density at radius 3 is 3.05 bits per heavy atom. The van der Waals surface area contributed by atoms with Crippen molar-refractivity contribution in [3.05, 3.63) is 29.3 Å². The highest BCUT2D eigenvalue weighted by molar-refractivity contribution is 5.73. The molecule has 1 aromatic rings. The molecule has 2 nitrogen and oxygen atoms in total. The second kappa shape index (κ2) is 4.98. The van der Waals surface area contributed by atoms with Gasteiger partial charge in [0.05, 0.1) is 0 Å². The van der Waals surface area contributed by atoms with E-state index in [1.165, 1.54) is 11.1 Å². The van der Waals surface area contributed by atoms with Gasteiger partial charge < -0.3 is 15.8 Å². The minimum atomic E-state index is -0.0347. The first kappa shape index (κ1) is 13.2. The molecule has 1 fully saturated rings. The minimum absolute atomic E-state index is 0.0347. The topological polar surface area (TPSA) is 37.3 Å². The van der Waals surface area contributed by atoms with Gasteiger partial charge in [-0.3, -0.25) is 5.92 Å². The maximum Gasteiger partial charge on any atom is 0.115 e. The van der Waals surface area contributed by atoms with Gasteiger partial charge in [-0.05, 0) is 54.4 Å². The molecule has 1 aromatic carbocycles. The SMILES string of the molecule is C[C@]1(C#C[C-]=O)CC[C@@H]2c3ccc(O)cc3CC[C@H]2C1. The van der Waals surface area contributed by atoms with Crippen molar-refractivity contribution in [2.45, 2.75) is 44.9 Å². The number of rotatable bonds is 0. The zero-order chi connectivity index (χ0) is 14.2. The molecule has 2 heteroatoms. The average molecular weight is 267 g/mol. The Morgan fingerprint density at radius 1 is 1.40 bits per heavy atom. The fraction of sp³-hybridized carbons (Fsp3) is 0.500. The van der Waals surface area contributed by atoms with E-state index in [0.717, 1.165) is 32.1 Å². The third-order valence-corrected chi connectivity index (χ3v) is 5.01. The molecule has 20 heavy (non-hydrogen) atoms. The highest BCUT2D eigenvalue weighted by atomic mass is 16.3. The highest BCUT2D eigenvalue weighted by Crippen LogP contribution is 2.51. The Kier molecular flexibility index (Phi) is 3.30. The van der Waals surface area contributed by atoms with Crippen molar-refractivity contribution in [2.24, 2.45) is 11.3 Å². The summed E-state index contributed by atoms with van der Waals surface area (Å²) < 4.78 is 0. The van der Waals surface area contributed by atoms with Crippen LogP contribution in [-0.4, -0.2) is 11.4 Å². The first-order chi connectivity index (χ1) is 9.61. The summed E-state index contributed by atoms with van der Waals surface area (Å²) in [6, 6.07) is 5.81. The molecule has 1 saturated carbocycles. The zero-order valence-electron chi connectivity index (χ0n) is 11.8. The van der Waals surface area contributed by atoms with Crippen LogP contribution in [0.4, 0.5) is 0 Å². The van der Waals surface area contributed by atoms with Crippen LogP contribution >= 0.6 is 0 Å². The number of phenolic OH excluding ortho intramolecular Hbond substituents is 1. The lowest BCUT2D eigenvalue weighted by Crippen LogP contribution is -2.32. The first-order valence-corrected chi connectivity index (χ1v) is 7.32. The first-order valence-electron chi connectivity index (χ1n) is 7.32. The molecule has 1 N–H and O–H groups in total. The van der Waals surface area contributed by atoms with Gasteiger partial charge in [0.2, 0.25) is 0 Å². The van der Waals surface area contributed by atoms with Gasteiger partial charge in [-0.2, -0.15) is 0 Å². The molecule has 0 spiro atoms. The van der Waals surface area contributed by atoms with Crippen LogP contribution in [0.25, 0.3) is 0 Å². The van der Waals surface area contributed by atoms with E-state index in [2.05, 4.69) is 24.8 Å². The molecule has 0 radical (unpaired) electrons. The minimum Gasteiger partial charge on any atom is -0.508 e. The standard InChI is InChI=1S/C18H19O2/c1-18(8-2-10-19)9-7-17-14(12-18)4-3-13-11-15(20)5-6-16(13)17/h5-6,11,14,17,20H,3-4,7,9,12H2,1H3/q-1/t14-,17-,18-/m0/s1. The van der Waals surface area contributed by atoms with Gasteiger partial charge in [0.1, 0.15) is 5.75 Å². The molecule has 2 aliphatic rings. The van der Waals surface area contributed by atoms with E-state index >= 15 is 0 Å². The summed E-state index contributed by atoms with van der Waals surface area (Å²) in [5.74, 6) is 7.20. The van der Waals surface area contributed by atoms with Gasteiger partial charge in [-0.15, -0.1) is 0 Å². The quantitative estimate of drug-likeness (QED) is 0.578. The van der Waals surface area contributed by atoms with Crippen molar-refractivity contribution in [1.29, 1.82) is 0 Å². The fourth-order valence-electron chi connectivity index (χ4n) is 4.05. The highest BCUT2D eigenvalue weighted by Gasteiger charge is 2.37. The molecular formula is C18H19O2-. The lowest BCUT2D eigenvalue weighted by Gasteiger charge is -2.46. The lowest BCUT2D eigenvalue weighted by molar-refractivity contribution is 0.174. The van der Waals surface area contributed by atoms with Crippen molar-refractivity contribution < 1.29 is 9.90 Å². The molecule has 0 heterocycles. The number of fused-ring (bicyclic) bond motifs is 3. The Bertz CT molecular complexity index is 593. The molecule has 2 aliphatic carbocycles. The zero-order valence-corrected chi connectivity index (χ0v) is 11.8.